The fourth-order valence-electron chi connectivity index (χ4n) is 6.62. The standard InChI is InChI=1S/C39H24N4O/c1-44-29-18-20-35-33(22-29)38-30(14-8-16-36(38)43(35)39-26(23-40)9-7-10-27(39)24-41)25-17-19-32-31-13-5-6-15-34(31)42(37(32)21-25)28-11-3-2-4-12-28/h2-22H,1H3. The number of para-hydroxylation sites is 3. The molecule has 6 aromatic carbocycles. The second kappa shape index (κ2) is 9.91. The van der Waals surface area contributed by atoms with Gasteiger partial charge in [-0.25, -0.2) is 0 Å². The van der Waals surface area contributed by atoms with Crippen molar-refractivity contribution in [1.29, 1.82) is 10.5 Å². The summed E-state index contributed by atoms with van der Waals surface area (Å²) in [5.41, 5.74) is 8.78. The van der Waals surface area contributed by atoms with E-state index in [9.17, 15) is 10.5 Å². The summed E-state index contributed by atoms with van der Waals surface area (Å²) in [6, 6.07) is 47.7. The highest BCUT2D eigenvalue weighted by molar-refractivity contribution is 6.17. The Morgan fingerprint density at radius 2 is 1.23 bits per heavy atom. The van der Waals surface area contributed by atoms with Crippen molar-refractivity contribution in [2.45, 2.75) is 0 Å². The number of hydrogen-bond donors (Lipinski definition) is 0. The lowest BCUT2D eigenvalue weighted by molar-refractivity contribution is 0.415. The zero-order valence-corrected chi connectivity index (χ0v) is 23.8. The summed E-state index contributed by atoms with van der Waals surface area (Å²) in [5.74, 6) is 0.736. The van der Waals surface area contributed by atoms with E-state index in [0.717, 1.165) is 55.4 Å². The van der Waals surface area contributed by atoms with Crippen LogP contribution in [0.2, 0.25) is 0 Å². The van der Waals surface area contributed by atoms with Gasteiger partial charge >= 0.3 is 0 Å². The smallest absolute Gasteiger partial charge is 0.119 e. The highest BCUT2D eigenvalue weighted by Crippen LogP contribution is 2.42. The molecule has 0 N–H and O–H groups in total. The van der Waals surface area contributed by atoms with E-state index in [1.54, 1.807) is 25.3 Å². The SMILES string of the molecule is COc1ccc2c(c1)c1c(-c3ccc4c5ccccc5n(-c5ccccc5)c4c3)cccc1n2-c1c(C#N)cccc1C#N. The molecule has 0 amide bonds. The van der Waals surface area contributed by atoms with E-state index in [1.807, 2.05) is 34.9 Å². The van der Waals surface area contributed by atoms with E-state index in [0.29, 0.717) is 16.8 Å². The van der Waals surface area contributed by atoms with Crippen molar-refractivity contribution < 1.29 is 4.74 Å². The minimum atomic E-state index is 0.442. The van der Waals surface area contributed by atoms with E-state index in [-0.39, 0.29) is 0 Å². The van der Waals surface area contributed by atoms with Crippen molar-refractivity contribution in [3.05, 3.63) is 139 Å². The summed E-state index contributed by atoms with van der Waals surface area (Å²) in [7, 11) is 1.66. The maximum atomic E-state index is 10.1. The molecule has 0 aliphatic carbocycles. The second-order valence-corrected chi connectivity index (χ2v) is 10.8. The van der Waals surface area contributed by atoms with Crippen LogP contribution in [0.25, 0.3) is 66.1 Å². The predicted molar refractivity (Wildman–Crippen MR) is 177 cm³/mol. The summed E-state index contributed by atoms with van der Waals surface area (Å²) in [6.45, 7) is 0. The molecule has 8 aromatic rings. The predicted octanol–water partition coefficient (Wildman–Crippen LogP) is 9.30. The number of ether oxygens (including phenoxy) is 1. The third-order valence-corrected chi connectivity index (χ3v) is 8.50. The molecular weight excluding hydrogens is 540 g/mol. The van der Waals surface area contributed by atoms with Gasteiger partial charge in [-0.3, -0.25) is 0 Å². The molecule has 0 atom stereocenters. The molecule has 0 fully saturated rings. The van der Waals surface area contributed by atoms with Crippen molar-refractivity contribution in [3.63, 3.8) is 0 Å². The lowest BCUT2D eigenvalue weighted by Gasteiger charge is -2.12. The van der Waals surface area contributed by atoms with Gasteiger partial charge in [-0.05, 0) is 71.8 Å². The van der Waals surface area contributed by atoms with Gasteiger partial charge in [-0.2, -0.15) is 10.5 Å². The summed E-state index contributed by atoms with van der Waals surface area (Å²) in [4.78, 5) is 0. The number of nitrogens with zero attached hydrogens (tertiary/aromatic N) is 4. The third kappa shape index (κ3) is 3.64. The highest BCUT2D eigenvalue weighted by Gasteiger charge is 2.21. The fraction of sp³-hybridized carbons (Fsp3) is 0.0256. The Kier molecular flexibility index (Phi) is 5.72. The van der Waals surface area contributed by atoms with Gasteiger partial charge in [0.2, 0.25) is 0 Å². The first-order chi connectivity index (χ1) is 21.7. The molecule has 8 rings (SSSR count). The van der Waals surface area contributed by atoms with Crippen LogP contribution in [0.3, 0.4) is 0 Å². The van der Waals surface area contributed by atoms with Gasteiger partial charge in [0.05, 0.1) is 46.0 Å². The molecule has 0 radical (unpaired) electrons. The Morgan fingerprint density at radius 1 is 0.545 bits per heavy atom. The quantitative estimate of drug-likeness (QED) is 0.214. The van der Waals surface area contributed by atoms with Crippen LogP contribution in [-0.2, 0) is 0 Å². The minimum absolute atomic E-state index is 0.442. The van der Waals surface area contributed by atoms with Gasteiger partial charge in [0.15, 0.2) is 0 Å². The fourth-order valence-corrected chi connectivity index (χ4v) is 6.62. The first-order valence-electron chi connectivity index (χ1n) is 14.4. The average molecular weight is 565 g/mol. The maximum Gasteiger partial charge on any atom is 0.119 e. The number of methoxy groups -OCH3 is 1. The Morgan fingerprint density at radius 3 is 2.00 bits per heavy atom. The van der Waals surface area contributed by atoms with Gasteiger partial charge in [0.1, 0.15) is 17.9 Å². The van der Waals surface area contributed by atoms with E-state index in [1.165, 1.54) is 10.8 Å². The number of fused-ring (bicyclic) bond motifs is 6. The van der Waals surface area contributed by atoms with Crippen molar-refractivity contribution in [3.8, 4) is 40.4 Å². The van der Waals surface area contributed by atoms with E-state index in [2.05, 4.69) is 95.6 Å². The van der Waals surface area contributed by atoms with Gasteiger partial charge in [-0.15, -0.1) is 0 Å². The van der Waals surface area contributed by atoms with Gasteiger partial charge in [-0.1, -0.05) is 66.7 Å². The molecule has 0 unspecified atom stereocenters. The molecule has 0 saturated carbocycles. The number of hydrogen-bond acceptors (Lipinski definition) is 3. The third-order valence-electron chi connectivity index (χ3n) is 8.50. The van der Waals surface area contributed by atoms with Crippen LogP contribution >= 0.6 is 0 Å². The molecule has 206 valence electrons. The molecule has 0 spiro atoms. The number of aromatic nitrogens is 2. The minimum Gasteiger partial charge on any atom is -0.497 e. The second-order valence-electron chi connectivity index (χ2n) is 10.8. The molecule has 5 nitrogen and oxygen atoms in total. The first-order valence-corrected chi connectivity index (χ1v) is 14.4. The summed E-state index contributed by atoms with van der Waals surface area (Å²) in [5, 5.41) is 24.6. The number of rotatable bonds is 4. The zero-order valence-electron chi connectivity index (χ0n) is 23.8. The summed E-state index contributed by atoms with van der Waals surface area (Å²) in [6.07, 6.45) is 0. The first kappa shape index (κ1) is 25.4. The van der Waals surface area contributed by atoms with Crippen molar-refractivity contribution >= 4 is 43.6 Å². The van der Waals surface area contributed by atoms with E-state index < -0.39 is 0 Å². The van der Waals surface area contributed by atoms with Gasteiger partial charge in [0.25, 0.3) is 0 Å². The Hall–Kier alpha value is -6.30. The monoisotopic (exact) mass is 564 g/mol. The summed E-state index contributed by atoms with van der Waals surface area (Å²) < 4.78 is 10.0. The Bertz CT molecular complexity index is 2470. The molecule has 0 saturated heterocycles. The van der Waals surface area contributed by atoms with Crippen LogP contribution in [0.1, 0.15) is 11.1 Å². The molecule has 5 heteroatoms. The lowest BCUT2D eigenvalue weighted by Crippen LogP contribution is -2.01. The molecule has 0 aliphatic heterocycles. The largest absolute Gasteiger partial charge is 0.497 e. The summed E-state index contributed by atoms with van der Waals surface area (Å²) >= 11 is 0. The van der Waals surface area contributed by atoms with Crippen LogP contribution in [0.15, 0.2) is 127 Å². The van der Waals surface area contributed by atoms with Gasteiger partial charge < -0.3 is 13.9 Å². The Labute approximate surface area is 253 Å². The van der Waals surface area contributed by atoms with E-state index >= 15 is 0 Å². The number of nitriles is 2. The normalized spacial score (nSPS) is 11.2. The van der Waals surface area contributed by atoms with Crippen LogP contribution in [0.4, 0.5) is 0 Å². The molecule has 0 aliphatic rings. The molecule has 2 heterocycles. The average Bonchev–Trinajstić information content (AvgIpc) is 3.60. The van der Waals surface area contributed by atoms with Crippen molar-refractivity contribution in [2.75, 3.05) is 7.11 Å². The van der Waals surface area contributed by atoms with Crippen LogP contribution < -0.4 is 4.74 Å². The molecule has 44 heavy (non-hydrogen) atoms. The van der Waals surface area contributed by atoms with Crippen molar-refractivity contribution in [1.82, 2.24) is 9.13 Å². The van der Waals surface area contributed by atoms with E-state index in [4.69, 9.17) is 4.74 Å². The maximum absolute atomic E-state index is 10.1. The Balaban J connectivity index is 1.49. The lowest BCUT2D eigenvalue weighted by atomic mass is 9.98. The molecule has 2 aromatic heterocycles. The number of benzene rings is 6. The molecule has 0 bridgehead atoms. The topological polar surface area (TPSA) is 66.7 Å². The van der Waals surface area contributed by atoms with Gasteiger partial charge in [0, 0.05) is 27.2 Å². The van der Waals surface area contributed by atoms with Crippen LogP contribution in [0, 0.1) is 22.7 Å². The zero-order chi connectivity index (χ0) is 29.8. The molecular formula is C39H24N4O. The highest BCUT2D eigenvalue weighted by atomic mass is 16.5. The van der Waals surface area contributed by atoms with Crippen molar-refractivity contribution in [2.24, 2.45) is 0 Å². The van der Waals surface area contributed by atoms with Crippen LogP contribution in [-0.4, -0.2) is 16.2 Å². The van der Waals surface area contributed by atoms with Crippen LogP contribution in [0.5, 0.6) is 5.75 Å².